The molecule has 3 heterocycles. The van der Waals surface area contributed by atoms with Crippen molar-refractivity contribution in [1.29, 1.82) is 0 Å². The lowest BCUT2D eigenvalue weighted by Crippen LogP contribution is -2.36. The summed E-state index contributed by atoms with van der Waals surface area (Å²) in [5.41, 5.74) is 0.838. The average molecular weight is 326 g/mol. The van der Waals surface area contributed by atoms with Crippen molar-refractivity contribution < 1.29 is 0 Å². The number of hydrogen-bond acceptors (Lipinski definition) is 5. The van der Waals surface area contributed by atoms with Crippen LogP contribution in [0.1, 0.15) is 12.8 Å². The molecule has 0 N–H and O–H groups in total. The monoisotopic (exact) mass is 326 g/mol. The Balaban J connectivity index is 1.47. The maximum absolute atomic E-state index is 12.6. The van der Waals surface area contributed by atoms with Crippen molar-refractivity contribution in [2.24, 2.45) is 5.92 Å². The van der Waals surface area contributed by atoms with E-state index in [0.717, 1.165) is 43.1 Å². The Morgan fingerprint density at radius 1 is 1.17 bits per heavy atom. The van der Waals surface area contributed by atoms with E-state index >= 15 is 0 Å². The van der Waals surface area contributed by atoms with Crippen LogP contribution in [0.15, 0.2) is 47.0 Å². The normalized spacial score (nSPS) is 16.1. The van der Waals surface area contributed by atoms with Gasteiger partial charge in [-0.05, 0) is 30.9 Å². The molecular formula is C17H18N4OS. The van der Waals surface area contributed by atoms with E-state index < -0.39 is 0 Å². The van der Waals surface area contributed by atoms with Gasteiger partial charge in [0.1, 0.15) is 0 Å². The molecule has 0 amide bonds. The van der Waals surface area contributed by atoms with Gasteiger partial charge in [-0.2, -0.15) is 0 Å². The van der Waals surface area contributed by atoms with Crippen molar-refractivity contribution in [3.05, 3.63) is 52.5 Å². The number of anilines is 1. The Morgan fingerprint density at radius 2 is 2.00 bits per heavy atom. The molecule has 1 aliphatic rings. The lowest BCUT2D eigenvalue weighted by Gasteiger charge is -2.31. The zero-order chi connectivity index (χ0) is 15.6. The Bertz CT molecular complexity index is 850. The summed E-state index contributed by atoms with van der Waals surface area (Å²) >= 11 is 1.69. The van der Waals surface area contributed by atoms with Gasteiger partial charge in [-0.25, -0.2) is 9.97 Å². The maximum Gasteiger partial charge on any atom is 0.261 e. The van der Waals surface area contributed by atoms with Gasteiger partial charge in [0.05, 0.1) is 17.2 Å². The molecule has 0 atom stereocenters. The summed E-state index contributed by atoms with van der Waals surface area (Å²) in [5, 5.41) is 3.82. The van der Waals surface area contributed by atoms with E-state index in [1.54, 1.807) is 22.2 Å². The Labute approximate surface area is 138 Å². The lowest BCUT2D eigenvalue weighted by atomic mass is 9.97. The van der Waals surface area contributed by atoms with Crippen LogP contribution in [0.25, 0.3) is 10.9 Å². The third-order valence-electron chi connectivity index (χ3n) is 4.49. The number of nitrogens with zero attached hydrogens (tertiary/aromatic N) is 4. The van der Waals surface area contributed by atoms with Crippen molar-refractivity contribution >= 4 is 27.4 Å². The van der Waals surface area contributed by atoms with E-state index in [4.69, 9.17) is 0 Å². The first kappa shape index (κ1) is 14.4. The fraction of sp³-hybridized carbons (Fsp3) is 0.353. The van der Waals surface area contributed by atoms with Crippen LogP contribution in [0.3, 0.4) is 0 Å². The van der Waals surface area contributed by atoms with Crippen molar-refractivity contribution in [2.45, 2.75) is 19.4 Å². The fourth-order valence-corrected chi connectivity index (χ4v) is 3.89. The largest absolute Gasteiger partial charge is 0.348 e. The van der Waals surface area contributed by atoms with Crippen LogP contribution in [-0.4, -0.2) is 27.6 Å². The quantitative estimate of drug-likeness (QED) is 0.743. The van der Waals surface area contributed by atoms with Crippen molar-refractivity contribution in [3.8, 4) is 0 Å². The second-order valence-electron chi connectivity index (χ2n) is 5.96. The van der Waals surface area contributed by atoms with Crippen molar-refractivity contribution in [3.63, 3.8) is 0 Å². The summed E-state index contributed by atoms with van der Waals surface area (Å²) in [7, 11) is 0. The Hall–Kier alpha value is -2.21. The summed E-state index contributed by atoms with van der Waals surface area (Å²) in [6.07, 6.45) is 5.71. The summed E-state index contributed by atoms with van der Waals surface area (Å²) in [4.78, 5) is 23.7. The number of aromatic nitrogens is 3. The molecule has 1 fully saturated rings. The number of fused-ring (bicyclic) bond motifs is 1. The molecule has 118 valence electrons. The van der Waals surface area contributed by atoms with Gasteiger partial charge in [-0.15, -0.1) is 11.3 Å². The predicted molar refractivity (Wildman–Crippen MR) is 93.1 cm³/mol. The van der Waals surface area contributed by atoms with Gasteiger partial charge >= 0.3 is 0 Å². The third-order valence-corrected chi connectivity index (χ3v) is 5.32. The van der Waals surface area contributed by atoms with Crippen LogP contribution in [0.4, 0.5) is 5.13 Å². The van der Waals surface area contributed by atoms with E-state index in [2.05, 4.69) is 14.9 Å². The molecule has 0 radical (unpaired) electrons. The van der Waals surface area contributed by atoms with Gasteiger partial charge in [-0.3, -0.25) is 9.36 Å². The highest BCUT2D eigenvalue weighted by Crippen LogP contribution is 2.25. The van der Waals surface area contributed by atoms with E-state index in [-0.39, 0.29) is 5.56 Å². The number of para-hydroxylation sites is 1. The molecule has 0 bridgehead atoms. The molecule has 0 spiro atoms. The van der Waals surface area contributed by atoms with Gasteiger partial charge < -0.3 is 4.90 Å². The van der Waals surface area contributed by atoms with Gasteiger partial charge in [-0.1, -0.05) is 12.1 Å². The van der Waals surface area contributed by atoms with Gasteiger partial charge in [0.15, 0.2) is 5.13 Å². The van der Waals surface area contributed by atoms with E-state index in [1.807, 2.05) is 35.8 Å². The summed E-state index contributed by atoms with van der Waals surface area (Å²) in [5.74, 6) is 0.520. The first-order valence-electron chi connectivity index (χ1n) is 7.90. The highest BCUT2D eigenvalue weighted by molar-refractivity contribution is 7.13. The average Bonchev–Trinajstić information content (AvgIpc) is 3.13. The van der Waals surface area contributed by atoms with Crippen LogP contribution >= 0.6 is 11.3 Å². The smallest absolute Gasteiger partial charge is 0.261 e. The van der Waals surface area contributed by atoms with Crippen LogP contribution in [0.5, 0.6) is 0 Å². The molecule has 1 saturated heterocycles. The molecule has 0 aliphatic carbocycles. The van der Waals surface area contributed by atoms with Crippen LogP contribution < -0.4 is 10.5 Å². The van der Waals surface area contributed by atoms with Crippen LogP contribution in [-0.2, 0) is 6.54 Å². The van der Waals surface area contributed by atoms with E-state index in [0.29, 0.717) is 11.3 Å². The molecule has 4 rings (SSSR count). The molecule has 6 heteroatoms. The second-order valence-corrected chi connectivity index (χ2v) is 6.84. The van der Waals surface area contributed by atoms with Gasteiger partial charge in [0, 0.05) is 31.2 Å². The number of thiazole rings is 1. The van der Waals surface area contributed by atoms with Gasteiger partial charge in [0.25, 0.3) is 5.56 Å². The molecule has 0 unspecified atom stereocenters. The molecular weight excluding hydrogens is 308 g/mol. The predicted octanol–water partition coefficient (Wildman–Crippen LogP) is 2.77. The number of benzene rings is 1. The molecule has 23 heavy (non-hydrogen) atoms. The Morgan fingerprint density at radius 3 is 2.78 bits per heavy atom. The van der Waals surface area contributed by atoms with Gasteiger partial charge in [0.2, 0.25) is 0 Å². The minimum absolute atomic E-state index is 0.0675. The molecule has 1 aromatic carbocycles. The highest BCUT2D eigenvalue weighted by Gasteiger charge is 2.21. The maximum atomic E-state index is 12.6. The first-order chi connectivity index (χ1) is 11.3. The topological polar surface area (TPSA) is 51.0 Å². The summed E-state index contributed by atoms with van der Waals surface area (Å²) in [6.45, 7) is 2.77. The molecule has 0 saturated carbocycles. The number of piperidine rings is 1. The van der Waals surface area contributed by atoms with Crippen LogP contribution in [0, 0.1) is 5.92 Å². The SMILES string of the molecule is O=c1c2ccccc2ncn1CC1CCN(c2nccs2)CC1. The molecule has 5 nitrogen and oxygen atoms in total. The van der Waals surface area contributed by atoms with Crippen LogP contribution in [0.2, 0.25) is 0 Å². The lowest BCUT2D eigenvalue weighted by molar-refractivity contribution is 0.352. The molecule has 2 aromatic heterocycles. The minimum Gasteiger partial charge on any atom is -0.348 e. The van der Waals surface area contributed by atoms with Crippen molar-refractivity contribution in [1.82, 2.24) is 14.5 Å². The van der Waals surface area contributed by atoms with Crippen molar-refractivity contribution in [2.75, 3.05) is 18.0 Å². The fourth-order valence-electron chi connectivity index (χ4n) is 3.19. The standard InChI is InChI=1S/C17H18N4OS/c22-16-14-3-1-2-4-15(14)19-12-21(16)11-13-5-8-20(9-6-13)17-18-7-10-23-17/h1-4,7,10,12-13H,5-6,8-9,11H2. The Kier molecular flexibility index (Phi) is 3.83. The highest BCUT2D eigenvalue weighted by atomic mass is 32.1. The van der Waals surface area contributed by atoms with E-state index in [1.165, 1.54) is 0 Å². The zero-order valence-electron chi connectivity index (χ0n) is 12.8. The zero-order valence-corrected chi connectivity index (χ0v) is 13.6. The first-order valence-corrected chi connectivity index (χ1v) is 8.78. The summed E-state index contributed by atoms with van der Waals surface area (Å²) in [6, 6.07) is 7.54. The van der Waals surface area contributed by atoms with E-state index in [9.17, 15) is 4.79 Å². The second kappa shape index (κ2) is 6.12. The molecule has 1 aliphatic heterocycles. The number of rotatable bonds is 3. The third kappa shape index (κ3) is 2.86. The molecule has 3 aromatic rings. The minimum atomic E-state index is 0.0675. The number of hydrogen-bond donors (Lipinski definition) is 0. The summed E-state index contributed by atoms with van der Waals surface area (Å²) < 4.78 is 1.77.